The van der Waals surface area contributed by atoms with E-state index in [4.69, 9.17) is 10.2 Å². The minimum absolute atomic E-state index is 0.319. The maximum absolute atomic E-state index is 6.12. The first kappa shape index (κ1) is 15.2. The number of anilines is 1. The highest BCUT2D eigenvalue weighted by atomic mass is 79.9. The standard InChI is InChI=1S/C19H14BrN5O/c20-12-7-5-11(6-8-12)15-9-10-16(26-15)17-23-18(21)24-19-22-13-3-1-2-4-14(13)25(17)19/h1-10,17H,(H3,21,22,23,24)/t17-/m0/s1. The van der Waals surface area contributed by atoms with Gasteiger partial charge in [0.15, 0.2) is 12.1 Å². The van der Waals surface area contributed by atoms with E-state index in [0.29, 0.717) is 17.7 Å². The van der Waals surface area contributed by atoms with Crippen molar-refractivity contribution in [3.8, 4) is 11.3 Å². The summed E-state index contributed by atoms with van der Waals surface area (Å²) in [5.74, 6) is 2.47. The van der Waals surface area contributed by atoms with Crippen LogP contribution >= 0.6 is 15.9 Å². The lowest BCUT2D eigenvalue weighted by Gasteiger charge is -2.21. The van der Waals surface area contributed by atoms with Gasteiger partial charge in [-0.05, 0) is 36.4 Å². The Kier molecular flexibility index (Phi) is 3.36. The predicted molar refractivity (Wildman–Crippen MR) is 105 cm³/mol. The van der Waals surface area contributed by atoms with Crippen LogP contribution < -0.4 is 11.1 Å². The Labute approximate surface area is 157 Å². The van der Waals surface area contributed by atoms with Crippen LogP contribution in [0.2, 0.25) is 0 Å². The van der Waals surface area contributed by atoms with Gasteiger partial charge in [0.2, 0.25) is 5.95 Å². The van der Waals surface area contributed by atoms with Gasteiger partial charge in [0.25, 0.3) is 0 Å². The van der Waals surface area contributed by atoms with Gasteiger partial charge in [-0.3, -0.25) is 9.88 Å². The number of nitrogens with one attached hydrogen (secondary N) is 1. The highest BCUT2D eigenvalue weighted by molar-refractivity contribution is 9.10. The van der Waals surface area contributed by atoms with E-state index >= 15 is 0 Å². The maximum atomic E-state index is 6.12. The lowest BCUT2D eigenvalue weighted by molar-refractivity contribution is 0.449. The summed E-state index contributed by atoms with van der Waals surface area (Å²) in [4.78, 5) is 9.14. The smallest absolute Gasteiger partial charge is 0.212 e. The number of guanidine groups is 1. The molecule has 3 heterocycles. The molecule has 0 saturated heterocycles. The summed E-state index contributed by atoms with van der Waals surface area (Å²) in [6, 6.07) is 19.8. The monoisotopic (exact) mass is 407 g/mol. The van der Waals surface area contributed by atoms with Crippen LogP contribution in [-0.4, -0.2) is 15.5 Å². The van der Waals surface area contributed by atoms with Crippen molar-refractivity contribution >= 4 is 38.9 Å². The van der Waals surface area contributed by atoms with Crippen molar-refractivity contribution < 1.29 is 4.42 Å². The fourth-order valence-electron chi connectivity index (χ4n) is 3.17. The van der Waals surface area contributed by atoms with Gasteiger partial charge in [-0.1, -0.05) is 40.2 Å². The molecule has 2 aromatic heterocycles. The van der Waals surface area contributed by atoms with Crippen molar-refractivity contribution in [3.63, 3.8) is 0 Å². The number of imidazole rings is 1. The van der Waals surface area contributed by atoms with Crippen LogP contribution in [0.25, 0.3) is 22.4 Å². The van der Waals surface area contributed by atoms with Gasteiger partial charge in [0, 0.05) is 10.0 Å². The molecule has 7 heteroatoms. The SMILES string of the molecule is NC1=N[C@H](c2ccc(-c3ccc(Br)cc3)o2)n2c(nc3ccccc32)N1. The fourth-order valence-corrected chi connectivity index (χ4v) is 3.43. The molecule has 0 bridgehead atoms. The highest BCUT2D eigenvalue weighted by Crippen LogP contribution is 2.34. The van der Waals surface area contributed by atoms with Gasteiger partial charge in [-0.25, -0.2) is 9.98 Å². The number of aliphatic imine (C=N–C) groups is 1. The molecule has 3 N–H and O–H groups in total. The number of para-hydroxylation sites is 2. The Balaban J connectivity index is 1.62. The first-order valence-electron chi connectivity index (χ1n) is 8.12. The number of hydrogen-bond acceptors (Lipinski definition) is 5. The zero-order chi connectivity index (χ0) is 17.7. The van der Waals surface area contributed by atoms with E-state index in [0.717, 1.165) is 26.8 Å². The lowest BCUT2D eigenvalue weighted by Crippen LogP contribution is -2.31. The zero-order valence-electron chi connectivity index (χ0n) is 13.6. The van der Waals surface area contributed by atoms with Crippen LogP contribution in [0.1, 0.15) is 11.9 Å². The molecule has 1 atom stereocenters. The molecule has 128 valence electrons. The summed E-state index contributed by atoms with van der Waals surface area (Å²) in [6.07, 6.45) is -0.400. The summed E-state index contributed by atoms with van der Waals surface area (Å²) < 4.78 is 9.14. The van der Waals surface area contributed by atoms with Crippen LogP contribution in [-0.2, 0) is 0 Å². The van der Waals surface area contributed by atoms with Crippen LogP contribution in [0.4, 0.5) is 5.95 Å². The summed E-state index contributed by atoms with van der Waals surface area (Å²) in [6.45, 7) is 0. The van der Waals surface area contributed by atoms with Gasteiger partial charge in [0.1, 0.15) is 11.5 Å². The van der Waals surface area contributed by atoms with E-state index in [2.05, 4.69) is 31.2 Å². The predicted octanol–water partition coefficient (Wildman–Crippen LogP) is 4.35. The summed E-state index contributed by atoms with van der Waals surface area (Å²) >= 11 is 3.45. The Hall–Kier alpha value is -3.06. The number of nitrogens with two attached hydrogens (primary N) is 1. The average Bonchev–Trinajstić information content (AvgIpc) is 3.26. The third-order valence-corrected chi connectivity index (χ3v) is 4.88. The number of furan rings is 1. The van der Waals surface area contributed by atoms with Crippen LogP contribution in [0.15, 0.2) is 74.5 Å². The second-order valence-electron chi connectivity index (χ2n) is 6.02. The molecular formula is C19H14BrN5O. The second kappa shape index (κ2) is 5.74. The molecule has 1 aliphatic rings. The Morgan fingerprint density at radius 1 is 1.04 bits per heavy atom. The molecule has 0 unspecified atom stereocenters. The van der Waals surface area contributed by atoms with E-state index in [-0.39, 0.29) is 0 Å². The van der Waals surface area contributed by atoms with Crippen molar-refractivity contribution in [2.45, 2.75) is 6.17 Å². The van der Waals surface area contributed by atoms with Crippen molar-refractivity contribution in [1.29, 1.82) is 0 Å². The van der Waals surface area contributed by atoms with E-state index in [9.17, 15) is 0 Å². The first-order valence-corrected chi connectivity index (χ1v) is 8.91. The van der Waals surface area contributed by atoms with Crippen LogP contribution in [0.3, 0.4) is 0 Å². The molecule has 0 saturated carbocycles. The lowest BCUT2D eigenvalue weighted by atomic mass is 10.2. The normalized spacial score (nSPS) is 16.2. The minimum Gasteiger partial charge on any atom is -0.457 e. The van der Waals surface area contributed by atoms with Gasteiger partial charge >= 0.3 is 0 Å². The van der Waals surface area contributed by atoms with Crippen LogP contribution in [0.5, 0.6) is 0 Å². The quantitative estimate of drug-likeness (QED) is 0.517. The van der Waals surface area contributed by atoms with E-state index in [1.165, 1.54) is 0 Å². The van der Waals surface area contributed by atoms with Crippen LogP contribution in [0, 0.1) is 0 Å². The molecule has 0 fully saturated rings. The second-order valence-corrected chi connectivity index (χ2v) is 6.93. The van der Waals surface area contributed by atoms with Crippen molar-refractivity contribution in [2.24, 2.45) is 10.7 Å². The Morgan fingerprint density at radius 3 is 2.69 bits per heavy atom. The van der Waals surface area contributed by atoms with Gasteiger partial charge in [-0.2, -0.15) is 0 Å². The summed E-state index contributed by atoms with van der Waals surface area (Å²) in [7, 11) is 0. The molecular weight excluding hydrogens is 394 g/mol. The number of nitrogens with zero attached hydrogens (tertiary/aromatic N) is 3. The van der Waals surface area contributed by atoms with E-state index in [1.807, 2.05) is 65.2 Å². The van der Waals surface area contributed by atoms with Crippen molar-refractivity contribution in [3.05, 3.63) is 70.9 Å². The number of aromatic nitrogens is 2. The summed E-state index contributed by atoms with van der Waals surface area (Å²) in [5, 5.41) is 3.03. The number of rotatable bonds is 2. The Morgan fingerprint density at radius 2 is 1.85 bits per heavy atom. The molecule has 26 heavy (non-hydrogen) atoms. The van der Waals surface area contributed by atoms with Gasteiger partial charge in [-0.15, -0.1) is 0 Å². The average molecular weight is 408 g/mol. The minimum atomic E-state index is -0.400. The molecule has 6 nitrogen and oxygen atoms in total. The number of halogens is 1. The molecule has 1 aliphatic heterocycles. The topological polar surface area (TPSA) is 81.4 Å². The largest absolute Gasteiger partial charge is 0.457 e. The van der Waals surface area contributed by atoms with Gasteiger partial charge < -0.3 is 10.2 Å². The molecule has 4 aromatic rings. The van der Waals surface area contributed by atoms with E-state index in [1.54, 1.807) is 0 Å². The summed E-state index contributed by atoms with van der Waals surface area (Å²) in [5.41, 5.74) is 8.82. The van der Waals surface area contributed by atoms with Gasteiger partial charge in [0.05, 0.1) is 11.0 Å². The Bertz CT molecular complexity index is 1140. The number of benzene rings is 2. The third kappa shape index (κ3) is 2.40. The number of fused-ring (bicyclic) bond motifs is 3. The zero-order valence-corrected chi connectivity index (χ0v) is 15.1. The van der Waals surface area contributed by atoms with Crippen molar-refractivity contribution in [1.82, 2.24) is 9.55 Å². The van der Waals surface area contributed by atoms with E-state index < -0.39 is 6.17 Å². The molecule has 0 aliphatic carbocycles. The highest BCUT2D eigenvalue weighted by Gasteiger charge is 2.27. The third-order valence-electron chi connectivity index (χ3n) is 4.35. The first-order chi connectivity index (χ1) is 12.7. The fraction of sp³-hybridized carbons (Fsp3) is 0.0526. The maximum Gasteiger partial charge on any atom is 0.212 e. The van der Waals surface area contributed by atoms with Crippen molar-refractivity contribution in [2.75, 3.05) is 5.32 Å². The molecule has 2 aromatic carbocycles. The molecule has 0 spiro atoms. The molecule has 5 rings (SSSR count). The number of hydrogen-bond donors (Lipinski definition) is 2. The molecule has 0 radical (unpaired) electrons. The molecule has 0 amide bonds.